The van der Waals surface area contributed by atoms with Crippen molar-refractivity contribution in [3.05, 3.63) is 53.6 Å². The molecule has 3 rings (SSSR count). The van der Waals surface area contributed by atoms with E-state index >= 15 is 0 Å². The molecule has 0 atom stereocenters. The van der Waals surface area contributed by atoms with Crippen LogP contribution in [0, 0.1) is 0 Å². The summed E-state index contributed by atoms with van der Waals surface area (Å²) in [6.45, 7) is 0. The monoisotopic (exact) mass is 229 g/mol. The molecule has 0 bridgehead atoms. The van der Waals surface area contributed by atoms with Crippen molar-refractivity contribution >= 4 is 22.7 Å². The zero-order valence-electron chi connectivity index (χ0n) is 8.35. The Hall–Kier alpha value is -1.80. The van der Waals surface area contributed by atoms with Gasteiger partial charge in [-0.25, -0.2) is 4.98 Å². The molecule has 0 N–H and O–H groups in total. The van der Waals surface area contributed by atoms with E-state index in [1.54, 1.807) is 0 Å². The number of aromatic nitrogens is 1. The maximum Gasteiger partial charge on any atom is 0.227 e. The maximum absolute atomic E-state index is 5.83. The van der Waals surface area contributed by atoms with Crippen molar-refractivity contribution in [1.29, 1.82) is 0 Å². The highest BCUT2D eigenvalue weighted by Gasteiger charge is 2.06. The Balaban J connectivity index is 2.15. The largest absolute Gasteiger partial charge is 0.436 e. The summed E-state index contributed by atoms with van der Waals surface area (Å²) < 4.78 is 5.64. The fourth-order valence-electron chi connectivity index (χ4n) is 1.59. The number of benzene rings is 2. The van der Waals surface area contributed by atoms with Gasteiger partial charge in [-0.1, -0.05) is 23.7 Å². The molecule has 0 aliphatic heterocycles. The molecule has 3 aromatic rings. The first kappa shape index (κ1) is 9.43. The van der Waals surface area contributed by atoms with E-state index in [9.17, 15) is 0 Å². The molecule has 2 nitrogen and oxygen atoms in total. The molecule has 16 heavy (non-hydrogen) atoms. The van der Waals surface area contributed by atoms with Gasteiger partial charge in [-0.15, -0.1) is 0 Å². The van der Waals surface area contributed by atoms with E-state index in [1.165, 1.54) is 0 Å². The van der Waals surface area contributed by atoms with Gasteiger partial charge >= 0.3 is 0 Å². The molecular weight excluding hydrogens is 222 g/mol. The van der Waals surface area contributed by atoms with Crippen LogP contribution in [-0.2, 0) is 0 Å². The van der Waals surface area contributed by atoms with Gasteiger partial charge in [0, 0.05) is 10.6 Å². The number of hydrogen-bond donors (Lipinski definition) is 0. The normalized spacial score (nSPS) is 10.8. The van der Waals surface area contributed by atoms with E-state index in [-0.39, 0.29) is 0 Å². The standard InChI is InChI=1S/C13H8ClNO/c14-10-7-5-9(6-8-10)13-15-11-3-1-2-4-12(11)16-13/h1-8H. The second-order valence-corrected chi connectivity index (χ2v) is 3.93. The van der Waals surface area contributed by atoms with Gasteiger partial charge in [0.1, 0.15) is 5.52 Å². The SMILES string of the molecule is Clc1ccc(-c2nc3ccccc3o2)cc1. The Morgan fingerprint density at radius 3 is 2.44 bits per heavy atom. The summed E-state index contributed by atoms with van der Waals surface area (Å²) in [5.41, 5.74) is 2.60. The average Bonchev–Trinajstić information content (AvgIpc) is 2.73. The molecule has 0 saturated carbocycles. The van der Waals surface area contributed by atoms with Gasteiger partial charge in [-0.05, 0) is 36.4 Å². The van der Waals surface area contributed by atoms with Crippen LogP contribution < -0.4 is 0 Å². The molecular formula is C13H8ClNO. The molecule has 0 aliphatic rings. The minimum absolute atomic E-state index is 0.623. The number of fused-ring (bicyclic) bond motifs is 1. The molecule has 1 heterocycles. The van der Waals surface area contributed by atoms with Crippen LogP contribution in [-0.4, -0.2) is 4.98 Å². The van der Waals surface area contributed by atoms with Gasteiger partial charge in [-0.3, -0.25) is 0 Å². The van der Waals surface area contributed by atoms with Crippen LogP contribution >= 0.6 is 11.6 Å². The van der Waals surface area contributed by atoms with E-state index in [0.717, 1.165) is 16.7 Å². The highest BCUT2D eigenvalue weighted by molar-refractivity contribution is 6.30. The lowest BCUT2D eigenvalue weighted by atomic mass is 10.2. The van der Waals surface area contributed by atoms with Gasteiger partial charge in [0.05, 0.1) is 0 Å². The van der Waals surface area contributed by atoms with Gasteiger partial charge in [0.2, 0.25) is 5.89 Å². The van der Waals surface area contributed by atoms with Crippen LogP contribution in [0.3, 0.4) is 0 Å². The zero-order valence-corrected chi connectivity index (χ0v) is 9.11. The van der Waals surface area contributed by atoms with Crippen molar-refractivity contribution in [2.75, 3.05) is 0 Å². The van der Waals surface area contributed by atoms with Crippen molar-refractivity contribution in [3.63, 3.8) is 0 Å². The summed E-state index contributed by atoms with van der Waals surface area (Å²) in [5.74, 6) is 0.623. The van der Waals surface area contributed by atoms with Gasteiger partial charge < -0.3 is 4.42 Å². The lowest BCUT2D eigenvalue weighted by Gasteiger charge is -1.94. The van der Waals surface area contributed by atoms with Crippen molar-refractivity contribution in [1.82, 2.24) is 4.98 Å². The summed E-state index contributed by atoms with van der Waals surface area (Å²) in [4.78, 5) is 4.40. The van der Waals surface area contributed by atoms with E-state index in [1.807, 2.05) is 48.5 Å². The van der Waals surface area contributed by atoms with Crippen molar-refractivity contribution in [2.45, 2.75) is 0 Å². The molecule has 0 unspecified atom stereocenters. The molecule has 1 aromatic heterocycles. The van der Waals surface area contributed by atoms with E-state index < -0.39 is 0 Å². The van der Waals surface area contributed by atoms with Crippen molar-refractivity contribution in [2.24, 2.45) is 0 Å². The number of para-hydroxylation sites is 2. The second kappa shape index (κ2) is 3.65. The zero-order chi connectivity index (χ0) is 11.0. The highest BCUT2D eigenvalue weighted by Crippen LogP contribution is 2.24. The fraction of sp³-hybridized carbons (Fsp3) is 0. The van der Waals surface area contributed by atoms with Crippen LogP contribution in [0.5, 0.6) is 0 Å². The van der Waals surface area contributed by atoms with Gasteiger partial charge in [-0.2, -0.15) is 0 Å². The first-order valence-corrected chi connectivity index (χ1v) is 5.32. The van der Waals surface area contributed by atoms with Crippen molar-refractivity contribution in [3.8, 4) is 11.5 Å². The molecule has 3 heteroatoms. The molecule has 78 valence electrons. The molecule has 0 spiro atoms. The third kappa shape index (κ3) is 1.57. The van der Waals surface area contributed by atoms with Crippen LogP contribution in [0.4, 0.5) is 0 Å². The van der Waals surface area contributed by atoms with Crippen LogP contribution in [0.15, 0.2) is 52.9 Å². The number of halogens is 1. The summed E-state index contributed by atoms with van der Waals surface area (Å²) in [7, 11) is 0. The fourth-order valence-corrected chi connectivity index (χ4v) is 1.71. The maximum atomic E-state index is 5.83. The molecule has 0 fully saturated rings. The molecule has 0 amide bonds. The third-order valence-corrected chi connectivity index (χ3v) is 2.64. The Morgan fingerprint density at radius 1 is 0.938 bits per heavy atom. The molecule has 2 aromatic carbocycles. The summed E-state index contributed by atoms with van der Waals surface area (Å²) in [6.07, 6.45) is 0. The van der Waals surface area contributed by atoms with Crippen LogP contribution in [0.25, 0.3) is 22.6 Å². The lowest BCUT2D eigenvalue weighted by Crippen LogP contribution is -1.75. The van der Waals surface area contributed by atoms with Crippen LogP contribution in [0.2, 0.25) is 5.02 Å². The van der Waals surface area contributed by atoms with E-state index in [4.69, 9.17) is 16.0 Å². The molecule has 0 radical (unpaired) electrons. The molecule has 0 aliphatic carbocycles. The first-order chi connectivity index (χ1) is 7.83. The quantitative estimate of drug-likeness (QED) is 0.627. The van der Waals surface area contributed by atoms with Gasteiger partial charge in [0.15, 0.2) is 5.58 Å². The number of rotatable bonds is 1. The minimum Gasteiger partial charge on any atom is -0.436 e. The summed E-state index contributed by atoms with van der Waals surface area (Å²) in [6, 6.07) is 15.1. The number of hydrogen-bond acceptors (Lipinski definition) is 2. The first-order valence-electron chi connectivity index (χ1n) is 4.94. The van der Waals surface area contributed by atoms with Gasteiger partial charge in [0.25, 0.3) is 0 Å². The lowest BCUT2D eigenvalue weighted by molar-refractivity contribution is 0.620. The topological polar surface area (TPSA) is 26.0 Å². The highest BCUT2D eigenvalue weighted by atomic mass is 35.5. The van der Waals surface area contributed by atoms with E-state index in [0.29, 0.717) is 10.9 Å². The summed E-state index contributed by atoms with van der Waals surface area (Å²) in [5, 5.41) is 0.708. The van der Waals surface area contributed by atoms with E-state index in [2.05, 4.69) is 4.98 Å². The average molecular weight is 230 g/mol. The third-order valence-electron chi connectivity index (χ3n) is 2.39. The minimum atomic E-state index is 0.623. The number of nitrogens with zero attached hydrogens (tertiary/aromatic N) is 1. The Kier molecular flexibility index (Phi) is 2.15. The van der Waals surface area contributed by atoms with Crippen LogP contribution in [0.1, 0.15) is 0 Å². The van der Waals surface area contributed by atoms with Crippen molar-refractivity contribution < 1.29 is 4.42 Å². The Labute approximate surface area is 97.5 Å². The smallest absolute Gasteiger partial charge is 0.227 e. The second-order valence-electron chi connectivity index (χ2n) is 3.49. The Bertz CT molecular complexity index is 595. The predicted molar refractivity (Wildman–Crippen MR) is 64.5 cm³/mol. The Morgan fingerprint density at radius 2 is 1.69 bits per heavy atom. The number of oxazole rings is 1. The predicted octanol–water partition coefficient (Wildman–Crippen LogP) is 4.15. The molecule has 0 saturated heterocycles. The summed E-state index contributed by atoms with van der Waals surface area (Å²) >= 11 is 5.83.